The van der Waals surface area contributed by atoms with Gasteiger partial charge in [0.05, 0.1) is 12.2 Å². The number of aliphatic carboxylic acids is 1. The van der Waals surface area contributed by atoms with Gasteiger partial charge in [-0.05, 0) is 29.3 Å². The van der Waals surface area contributed by atoms with Gasteiger partial charge in [-0.1, -0.05) is 24.3 Å². The highest BCUT2D eigenvalue weighted by Gasteiger charge is 2.37. The van der Waals surface area contributed by atoms with Gasteiger partial charge in [0.2, 0.25) is 6.10 Å². The summed E-state index contributed by atoms with van der Waals surface area (Å²) in [5.74, 6) is -1.75. The lowest BCUT2D eigenvalue weighted by Gasteiger charge is -2.14. The van der Waals surface area contributed by atoms with Crippen LogP contribution in [-0.4, -0.2) is 29.8 Å². The van der Waals surface area contributed by atoms with Crippen LogP contribution in [0.15, 0.2) is 42.5 Å². The molecular weight excluding hydrogens is 315 g/mol. The normalized spacial score (nSPS) is 17.0. The topological polar surface area (TPSA) is 92.9 Å². The Kier molecular flexibility index (Phi) is 4.18. The van der Waals surface area contributed by atoms with E-state index in [4.69, 9.17) is 15.6 Å². The zero-order valence-electron chi connectivity index (χ0n) is 12.6. The summed E-state index contributed by atoms with van der Waals surface area (Å²) >= 11 is 0. The van der Waals surface area contributed by atoms with Crippen molar-refractivity contribution in [2.45, 2.75) is 12.6 Å². The summed E-state index contributed by atoms with van der Waals surface area (Å²) in [5, 5.41) is 8.90. The van der Waals surface area contributed by atoms with E-state index >= 15 is 0 Å². The van der Waals surface area contributed by atoms with Gasteiger partial charge in [0.1, 0.15) is 5.82 Å². The molecule has 1 fully saturated rings. The van der Waals surface area contributed by atoms with Crippen molar-refractivity contribution in [1.29, 1.82) is 0 Å². The second kappa shape index (κ2) is 6.29. The van der Waals surface area contributed by atoms with Gasteiger partial charge in [0.15, 0.2) is 0 Å². The fourth-order valence-electron chi connectivity index (χ4n) is 2.53. The Bertz CT molecular complexity index is 792. The molecule has 6 nitrogen and oxygen atoms in total. The number of hydrogen-bond donors (Lipinski definition) is 2. The first kappa shape index (κ1) is 15.9. The maximum atomic E-state index is 14.4. The van der Waals surface area contributed by atoms with E-state index in [0.717, 1.165) is 10.5 Å². The summed E-state index contributed by atoms with van der Waals surface area (Å²) in [6.45, 7) is 0.252. The molecule has 1 amide bonds. The van der Waals surface area contributed by atoms with Gasteiger partial charge >= 0.3 is 12.1 Å². The Balaban J connectivity index is 1.87. The number of carboxylic acids is 1. The minimum Gasteiger partial charge on any atom is -0.478 e. The number of hydrogen-bond acceptors (Lipinski definition) is 4. The molecule has 1 aliphatic heterocycles. The van der Waals surface area contributed by atoms with Crippen LogP contribution in [-0.2, 0) is 16.1 Å². The van der Waals surface area contributed by atoms with Crippen LogP contribution in [0.1, 0.15) is 5.56 Å². The van der Waals surface area contributed by atoms with E-state index in [0.29, 0.717) is 17.7 Å². The molecule has 2 aromatic rings. The van der Waals surface area contributed by atoms with Crippen LogP contribution in [0.25, 0.3) is 11.1 Å². The molecule has 24 heavy (non-hydrogen) atoms. The molecule has 1 aliphatic rings. The standard InChI is InChI=1S/C17H15FN2O4/c18-14-7-12(20-9-15(16(21)22)24-17(20)23)5-6-13(14)11-3-1-10(8-19)2-4-11/h1-7,15H,8-9,19H2,(H,21,22)/t15-/m1/s1. The number of halogens is 1. The van der Waals surface area contributed by atoms with Crippen LogP contribution >= 0.6 is 0 Å². The largest absolute Gasteiger partial charge is 0.478 e. The minimum atomic E-state index is -1.25. The highest BCUT2D eigenvalue weighted by molar-refractivity contribution is 5.94. The van der Waals surface area contributed by atoms with Crippen molar-refractivity contribution in [2.24, 2.45) is 5.73 Å². The number of carbonyl (C=O) groups is 2. The monoisotopic (exact) mass is 330 g/mol. The summed E-state index contributed by atoms with van der Waals surface area (Å²) in [7, 11) is 0. The third-order valence-corrected chi connectivity index (χ3v) is 3.85. The van der Waals surface area contributed by atoms with Crippen molar-refractivity contribution >= 4 is 17.7 Å². The third kappa shape index (κ3) is 2.93. The van der Waals surface area contributed by atoms with Gasteiger partial charge in [0, 0.05) is 12.1 Å². The lowest BCUT2D eigenvalue weighted by Crippen LogP contribution is -2.27. The summed E-state index contributed by atoms with van der Waals surface area (Å²) in [5.41, 5.74) is 7.80. The number of carbonyl (C=O) groups excluding carboxylic acids is 1. The predicted octanol–water partition coefficient (Wildman–Crippen LogP) is 2.36. The molecule has 3 N–H and O–H groups in total. The Morgan fingerprint density at radius 1 is 1.29 bits per heavy atom. The van der Waals surface area contributed by atoms with Crippen molar-refractivity contribution in [2.75, 3.05) is 11.4 Å². The Morgan fingerprint density at radius 2 is 2.00 bits per heavy atom. The highest BCUT2D eigenvalue weighted by atomic mass is 19.1. The van der Waals surface area contributed by atoms with Gasteiger partial charge in [0.25, 0.3) is 0 Å². The van der Waals surface area contributed by atoms with E-state index in [-0.39, 0.29) is 12.2 Å². The van der Waals surface area contributed by atoms with Crippen LogP contribution in [0.4, 0.5) is 14.9 Å². The van der Waals surface area contributed by atoms with Crippen LogP contribution < -0.4 is 10.6 Å². The Hall–Kier alpha value is -2.93. The number of anilines is 1. The molecule has 0 saturated carbocycles. The summed E-state index contributed by atoms with van der Waals surface area (Å²) in [4.78, 5) is 23.7. The predicted molar refractivity (Wildman–Crippen MR) is 85.0 cm³/mol. The van der Waals surface area contributed by atoms with Crippen molar-refractivity contribution in [3.63, 3.8) is 0 Å². The third-order valence-electron chi connectivity index (χ3n) is 3.85. The summed E-state index contributed by atoms with van der Waals surface area (Å²) < 4.78 is 19.2. The number of ether oxygens (including phenoxy) is 1. The van der Waals surface area contributed by atoms with Crippen molar-refractivity contribution in [1.82, 2.24) is 0 Å². The molecule has 0 bridgehead atoms. The highest BCUT2D eigenvalue weighted by Crippen LogP contribution is 2.29. The van der Waals surface area contributed by atoms with E-state index in [1.807, 2.05) is 12.1 Å². The molecular formula is C17H15FN2O4. The molecule has 0 aromatic heterocycles. The van der Waals surface area contributed by atoms with Crippen LogP contribution in [0.2, 0.25) is 0 Å². The second-order valence-corrected chi connectivity index (χ2v) is 5.39. The average Bonchev–Trinajstić information content (AvgIpc) is 2.97. The van der Waals surface area contributed by atoms with Crippen LogP contribution in [0.3, 0.4) is 0 Å². The van der Waals surface area contributed by atoms with Gasteiger partial charge in [-0.15, -0.1) is 0 Å². The van der Waals surface area contributed by atoms with Crippen molar-refractivity contribution < 1.29 is 23.8 Å². The van der Waals surface area contributed by atoms with Gasteiger partial charge in [-0.2, -0.15) is 0 Å². The lowest BCUT2D eigenvalue weighted by molar-refractivity contribution is -0.144. The molecule has 2 aromatic carbocycles. The SMILES string of the molecule is NCc1ccc(-c2ccc(N3C[C@H](C(=O)O)OC3=O)cc2F)cc1. The number of rotatable bonds is 4. The Labute approximate surface area is 137 Å². The van der Waals surface area contributed by atoms with E-state index in [1.165, 1.54) is 6.07 Å². The first-order valence-corrected chi connectivity index (χ1v) is 7.29. The molecule has 1 saturated heterocycles. The number of nitrogens with zero attached hydrogens (tertiary/aromatic N) is 1. The summed E-state index contributed by atoms with van der Waals surface area (Å²) in [6, 6.07) is 11.5. The molecule has 0 spiro atoms. The fraction of sp³-hybridized carbons (Fsp3) is 0.176. The molecule has 1 heterocycles. The molecule has 0 aliphatic carbocycles. The smallest absolute Gasteiger partial charge is 0.415 e. The van der Waals surface area contributed by atoms with Crippen molar-refractivity contribution in [3.05, 3.63) is 53.8 Å². The summed E-state index contributed by atoms with van der Waals surface area (Å²) in [6.07, 6.45) is -2.05. The quantitative estimate of drug-likeness (QED) is 0.898. The Morgan fingerprint density at radius 3 is 2.54 bits per heavy atom. The van der Waals surface area contributed by atoms with Gasteiger partial charge in [-0.25, -0.2) is 14.0 Å². The van der Waals surface area contributed by atoms with Gasteiger partial charge in [-0.3, -0.25) is 4.90 Å². The molecule has 7 heteroatoms. The molecule has 0 unspecified atom stereocenters. The average molecular weight is 330 g/mol. The van der Waals surface area contributed by atoms with E-state index < -0.39 is 24.0 Å². The van der Waals surface area contributed by atoms with E-state index in [9.17, 15) is 14.0 Å². The number of carboxylic acid groups (broad SMARTS) is 1. The second-order valence-electron chi connectivity index (χ2n) is 5.39. The first-order chi connectivity index (χ1) is 11.5. The minimum absolute atomic E-state index is 0.155. The van der Waals surface area contributed by atoms with Crippen molar-refractivity contribution in [3.8, 4) is 11.1 Å². The lowest BCUT2D eigenvalue weighted by atomic mass is 10.0. The number of nitrogens with two attached hydrogens (primary N) is 1. The van der Waals surface area contributed by atoms with E-state index in [2.05, 4.69) is 0 Å². The van der Waals surface area contributed by atoms with Crippen LogP contribution in [0, 0.1) is 5.82 Å². The molecule has 3 rings (SSSR count). The maximum absolute atomic E-state index is 14.4. The van der Waals surface area contributed by atoms with Gasteiger partial charge < -0.3 is 15.6 Å². The molecule has 0 radical (unpaired) electrons. The molecule has 1 atom stereocenters. The van der Waals surface area contributed by atoms with E-state index in [1.54, 1.807) is 24.3 Å². The fourth-order valence-corrected chi connectivity index (χ4v) is 2.53. The number of benzene rings is 2. The molecule has 124 valence electrons. The van der Waals surface area contributed by atoms with Crippen LogP contribution in [0.5, 0.6) is 0 Å². The zero-order chi connectivity index (χ0) is 17.3. The first-order valence-electron chi connectivity index (χ1n) is 7.29. The number of cyclic esters (lactones) is 1. The number of amides is 1. The zero-order valence-corrected chi connectivity index (χ0v) is 12.6. The maximum Gasteiger partial charge on any atom is 0.415 e.